The molecule has 0 aliphatic rings. The first kappa shape index (κ1) is 17.3. The van der Waals surface area contributed by atoms with E-state index in [1.807, 2.05) is 6.07 Å². The van der Waals surface area contributed by atoms with Crippen molar-refractivity contribution in [2.24, 2.45) is 10.9 Å². The fourth-order valence-electron chi connectivity index (χ4n) is 2.18. The second kappa shape index (κ2) is 7.45. The smallest absolute Gasteiger partial charge is 0.335 e. The van der Waals surface area contributed by atoms with E-state index in [1.165, 1.54) is 11.4 Å². The van der Waals surface area contributed by atoms with Gasteiger partial charge in [0.2, 0.25) is 0 Å². The maximum absolute atomic E-state index is 12.6. The Morgan fingerprint density at radius 1 is 1.58 bits per heavy atom. The molecule has 0 amide bonds. The Balaban J connectivity index is 2.41. The summed E-state index contributed by atoms with van der Waals surface area (Å²) in [6.45, 7) is 0. The highest BCUT2D eigenvalue weighted by Gasteiger charge is 2.29. The summed E-state index contributed by atoms with van der Waals surface area (Å²) in [6, 6.07) is 8.36. The monoisotopic (exact) mass is 344 g/mol. The van der Waals surface area contributed by atoms with E-state index < -0.39 is 16.8 Å². The van der Waals surface area contributed by atoms with Crippen LogP contribution in [0.15, 0.2) is 34.7 Å². The molecule has 24 heavy (non-hydrogen) atoms. The highest BCUT2D eigenvalue weighted by atomic mass is 32.1. The molecule has 0 spiro atoms. The number of aliphatic hydroxyl groups excluding tert-OH is 1. The number of hydrogen-bond acceptors (Lipinski definition) is 8. The number of rotatable bonds is 6. The van der Waals surface area contributed by atoms with Gasteiger partial charge in [0.05, 0.1) is 22.8 Å². The Morgan fingerprint density at radius 2 is 2.33 bits per heavy atom. The predicted octanol–water partition coefficient (Wildman–Crippen LogP) is 1.93. The third-order valence-corrected chi connectivity index (χ3v) is 4.16. The van der Waals surface area contributed by atoms with Gasteiger partial charge in [0.15, 0.2) is 5.78 Å². The SMILES string of the molecule is N#Cc1cccc(CC(=O)c2c(C(O)C=NN)csc2[N+](=O)[O-])c1. The van der Waals surface area contributed by atoms with Crippen LogP contribution in [0.5, 0.6) is 0 Å². The highest BCUT2D eigenvalue weighted by Crippen LogP contribution is 2.34. The minimum absolute atomic E-state index is 0.0855. The summed E-state index contributed by atoms with van der Waals surface area (Å²) in [5.74, 6) is 4.45. The first-order valence-corrected chi connectivity index (χ1v) is 7.55. The number of aliphatic hydroxyl groups is 1. The molecule has 1 aromatic carbocycles. The molecule has 2 rings (SSSR count). The van der Waals surface area contributed by atoms with E-state index in [2.05, 4.69) is 5.10 Å². The Morgan fingerprint density at radius 3 is 2.96 bits per heavy atom. The lowest BCUT2D eigenvalue weighted by Crippen LogP contribution is -2.11. The van der Waals surface area contributed by atoms with Crippen molar-refractivity contribution in [1.82, 2.24) is 0 Å². The van der Waals surface area contributed by atoms with Gasteiger partial charge in [0.1, 0.15) is 11.7 Å². The molecule has 1 unspecified atom stereocenters. The molecule has 0 aliphatic heterocycles. The molecule has 1 atom stereocenters. The van der Waals surface area contributed by atoms with Gasteiger partial charge in [-0.2, -0.15) is 10.4 Å². The van der Waals surface area contributed by atoms with E-state index in [1.54, 1.807) is 18.2 Å². The van der Waals surface area contributed by atoms with Gasteiger partial charge < -0.3 is 10.9 Å². The van der Waals surface area contributed by atoms with E-state index >= 15 is 0 Å². The summed E-state index contributed by atoms with van der Waals surface area (Å²) >= 11 is 0.750. The number of Topliss-reactive ketones (excluding diaryl/α,β-unsaturated/α-hetero) is 1. The number of thiophene rings is 1. The standard InChI is InChI=1S/C15H12N4O4S/c16-6-10-3-1-2-9(4-10)5-12(20)14-11(13(21)7-18-17)8-24-15(14)19(22)23/h1-4,7-8,13,21H,5,17H2. The van der Waals surface area contributed by atoms with Crippen LogP contribution in [-0.4, -0.2) is 22.0 Å². The second-order valence-electron chi connectivity index (χ2n) is 4.78. The van der Waals surface area contributed by atoms with Crippen molar-refractivity contribution in [1.29, 1.82) is 5.26 Å². The molecule has 0 fully saturated rings. The number of hydrogen-bond donors (Lipinski definition) is 2. The van der Waals surface area contributed by atoms with Gasteiger partial charge in [-0.05, 0) is 17.7 Å². The zero-order valence-corrected chi connectivity index (χ0v) is 13.1. The summed E-state index contributed by atoms with van der Waals surface area (Å²) in [5.41, 5.74) is 0.852. The first-order valence-electron chi connectivity index (χ1n) is 6.67. The van der Waals surface area contributed by atoms with Gasteiger partial charge in [-0.25, -0.2) is 0 Å². The maximum atomic E-state index is 12.6. The molecule has 8 nitrogen and oxygen atoms in total. The lowest BCUT2D eigenvalue weighted by molar-refractivity contribution is -0.380. The first-order chi connectivity index (χ1) is 11.5. The molecule has 0 saturated carbocycles. The van der Waals surface area contributed by atoms with Gasteiger partial charge in [0.25, 0.3) is 0 Å². The Bertz CT molecular complexity index is 853. The molecular weight excluding hydrogens is 332 g/mol. The van der Waals surface area contributed by atoms with E-state index in [0.29, 0.717) is 11.1 Å². The molecule has 1 aromatic heterocycles. The topological polar surface area (TPSA) is 143 Å². The molecule has 1 heterocycles. The Hall–Kier alpha value is -3.09. The zero-order chi connectivity index (χ0) is 17.7. The van der Waals surface area contributed by atoms with Crippen molar-refractivity contribution in [3.63, 3.8) is 0 Å². The summed E-state index contributed by atoms with van der Waals surface area (Å²) in [4.78, 5) is 23.0. The molecule has 3 N–H and O–H groups in total. The minimum Gasteiger partial charge on any atom is -0.383 e. The lowest BCUT2D eigenvalue weighted by Gasteiger charge is -2.06. The molecule has 9 heteroatoms. The van der Waals surface area contributed by atoms with E-state index in [9.17, 15) is 20.0 Å². The average molecular weight is 344 g/mol. The summed E-state index contributed by atoms with van der Waals surface area (Å²) in [7, 11) is 0. The number of carbonyl (C=O) groups is 1. The molecule has 0 saturated heterocycles. The van der Waals surface area contributed by atoms with Crippen LogP contribution in [0.1, 0.15) is 33.2 Å². The van der Waals surface area contributed by atoms with Gasteiger partial charge in [-0.1, -0.05) is 23.5 Å². The second-order valence-corrected chi connectivity index (χ2v) is 5.64. The van der Waals surface area contributed by atoms with Crippen molar-refractivity contribution in [2.45, 2.75) is 12.5 Å². The van der Waals surface area contributed by atoms with E-state index in [4.69, 9.17) is 11.1 Å². The fraction of sp³-hybridized carbons (Fsp3) is 0.133. The summed E-state index contributed by atoms with van der Waals surface area (Å²) in [5, 5.41) is 34.2. The lowest BCUT2D eigenvalue weighted by atomic mass is 9.98. The van der Waals surface area contributed by atoms with Crippen LogP contribution in [0, 0.1) is 21.4 Å². The Kier molecular flexibility index (Phi) is 5.36. The van der Waals surface area contributed by atoms with Gasteiger partial charge >= 0.3 is 5.00 Å². The van der Waals surface area contributed by atoms with Gasteiger partial charge in [-0.3, -0.25) is 14.9 Å². The van der Waals surface area contributed by atoms with Crippen LogP contribution < -0.4 is 5.84 Å². The molecule has 0 radical (unpaired) electrons. The number of carbonyl (C=O) groups excluding carboxylic acids is 1. The molecular formula is C15H12N4O4S. The zero-order valence-electron chi connectivity index (χ0n) is 12.2. The number of nitro groups is 1. The van der Waals surface area contributed by atoms with Gasteiger partial charge in [0, 0.05) is 17.4 Å². The normalized spacial score (nSPS) is 12.0. The molecule has 2 aromatic rings. The van der Waals surface area contributed by atoms with Crippen LogP contribution in [0.3, 0.4) is 0 Å². The summed E-state index contributed by atoms with van der Waals surface area (Å²) in [6.07, 6.45) is -0.463. The third-order valence-electron chi connectivity index (χ3n) is 3.21. The minimum atomic E-state index is -1.32. The van der Waals surface area contributed by atoms with Crippen molar-refractivity contribution in [2.75, 3.05) is 0 Å². The number of nitrogens with zero attached hydrogens (tertiary/aromatic N) is 3. The predicted molar refractivity (Wildman–Crippen MR) is 87.8 cm³/mol. The Labute approximate surface area is 140 Å². The third kappa shape index (κ3) is 3.62. The average Bonchev–Trinajstić information content (AvgIpc) is 3.00. The highest BCUT2D eigenvalue weighted by molar-refractivity contribution is 7.14. The van der Waals surface area contributed by atoms with Crippen molar-refractivity contribution < 1.29 is 14.8 Å². The fourth-order valence-corrected chi connectivity index (χ4v) is 3.11. The molecule has 0 aliphatic carbocycles. The number of benzene rings is 1. The quantitative estimate of drug-likeness (QED) is 0.269. The number of ketones is 1. The summed E-state index contributed by atoms with van der Waals surface area (Å²) < 4.78 is 0. The van der Waals surface area contributed by atoms with Crippen LogP contribution in [0.2, 0.25) is 0 Å². The van der Waals surface area contributed by atoms with Crippen molar-refractivity contribution >= 4 is 28.3 Å². The molecule has 0 bridgehead atoms. The largest absolute Gasteiger partial charge is 0.383 e. The van der Waals surface area contributed by atoms with Crippen LogP contribution in [-0.2, 0) is 6.42 Å². The van der Waals surface area contributed by atoms with Crippen LogP contribution in [0.25, 0.3) is 0 Å². The van der Waals surface area contributed by atoms with Crippen LogP contribution >= 0.6 is 11.3 Å². The maximum Gasteiger partial charge on any atom is 0.335 e. The van der Waals surface area contributed by atoms with E-state index in [0.717, 1.165) is 17.6 Å². The number of nitrogens with two attached hydrogens (primary N) is 1. The van der Waals surface area contributed by atoms with Gasteiger partial charge in [-0.15, -0.1) is 0 Å². The molecule has 122 valence electrons. The van der Waals surface area contributed by atoms with Crippen molar-refractivity contribution in [3.8, 4) is 6.07 Å². The van der Waals surface area contributed by atoms with Crippen LogP contribution in [0.4, 0.5) is 5.00 Å². The van der Waals surface area contributed by atoms with E-state index in [-0.39, 0.29) is 22.5 Å². The number of hydrazone groups is 1. The number of nitriles is 1. The van der Waals surface area contributed by atoms with Crippen molar-refractivity contribution in [3.05, 3.63) is 62.0 Å².